The van der Waals surface area contributed by atoms with Crippen LogP contribution in [0.5, 0.6) is 0 Å². The van der Waals surface area contributed by atoms with Crippen LogP contribution >= 0.6 is 11.3 Å². The lowest BCUT2D eigenvalue weighted by Gasteiger charge is -2.31. The van der Waals surface area contributed by atoms with E-state index in [2.05, 4.69) is 9.72 Å². The second-order valence-electron chi connectivity index (χ2n) is 4.56. The second-order valence-corrected chi connectivity index (χ2v) is 7.68. The maximum Gasteiger partial charge on any atom is 0.308 e. The lowest BCUT2D eigenvalue weighted by molar-refractivity contribution is -0.145. The maximum atomic E-state index is 12.5. The van der Waals surface area contributed by atoms with E-state index in [1.54, 1.807) is 0 Å². The van der Waals surface area contributed by atoms with Crippen LogP contribution in [0, 0.1) is 6.92 Å². The number of morpholine rings is 1. The minimum absolute atomic E-state index is 0.00576. The van der Waals surface area contributed by atoms with Gasteiger partial charge in [0.1, 0.15) is 0 Å². The van der Waals surface area contributed by atoms with E-state index >= 15 is 0 Å². The van der Waals surface area contributed by atoms with Gasteiger partial charge in [-0.2, -0.15) is 4.31 Å². The molecule has 1 fully saturated rings. The Morgan fingerprint density at radius 2 is 2.29 bits per heavy atom. The first-order valence-corrected chi connectivity index (χ1v) is 8.48. The molecule has 21 heavy (non-hydrogen) atoms. The van der Waals surface area contributed by atoms with E-state index in [9.17, 15) is 18.0 Å². The van der Waals surface area contributed by atoms with Crippen molar-refractivity contribution in [3.05, 3.63) is 15.4 Å². The highest BCUT2D eigenvalue weighted by Gasteiger charge is 2.34. The molecule has 1 aromatic rings. The molecule has 1 aliphatic rings. The number of nitrogens with one attached hydrogen (secondary N) is 1. The summed E-state index contributed by atoms with van der Waals surface area (Å²) in [5.41, 5.74) is 0.320. The minimum atomic E-state index is -3.76. The largest absolute Gasteiger partial charge is 0.469 e. The SMILES string of the molecule is COC(=O)CC1CN(S(=O)(=O)c2sc(=O)[nH]c2C)CCO1. The average molecular weight is 336 g/mol. The molecule has 10 heteroatoms. The highest BCUT2D eigenvalue weighted by molar-refractivity contribution is 7.91. The highest BCUT2D eigenvalue weighted by Crippen LogP contribution is 2.23. The Balaban J connectivity index is 2.18. The maximum absolute atomic E-state index is 12.5. The Labute approximate surface area is 125 Å². The lowest BCUT2D eigenvalue weighted by atomic mass is 10.2. The average Bonchev–Trinajstić information content (AvgIpc) is 2.78. The van der Waals surface area contributed by atoms with E-state index in [-0.39, 0.29) is 30.3 Å². The first-order valence-electron chi connectivity index (χ1n) is 6.23. The predicted molar refractivity (Wildman–Crippen MR) is 74.8 cm³/mol. The van der Waals surface area contributed by atoms with E-state index in [1.165, 1.54) is 18.3 Å². The van der Waals surface area contributed by atoms with Crippen LogP contribution in [-0.2, 0) is 24.3 Å². The molecule has 1 aromatic heterocycles. The van der Waals surface area contributed by atoms with Crippen LogP contribution in [0.2, 0.25) is 0 Å². The Hall–Kier alpha value is -1.23. The van der Waals surface area contributed by atoms with Gasteiger partial charge in [-0.1, -0.05) is 11.3 Å². The van der Waals surface area contributed by atoms with Gasteiger partial charge in [0, 0.05) is 18.8 Å². The number of hydrogen-bond donors (Lipinski definition) is 1. The molecule has 1 atom stereocenters. The topological polar surface area (TPSA) is 106 Å². The fourth-order valence-corrected chi connectivity index (χ4v) is 4.95. The summed E-state index contributed by atoms with van der Waals surface area (Å²) in [6.07, 6.45) is -0.554. The smallest absolute Gasteiger partial charge is 0.308 e. The van der Waals surface area contributed by atoms with E-state index in [1.807, 2.05) is 0 Å². The van der Waals surface area contributed by atoms with Crippen LogP contribution in [0.3, 0.4) is 0 Å². The summed E-state index contributed by atoms with van der Waals surface area (Å²) in [7, 11) is -2.49. The molecule has 1 aliphatic heterocycles. The third-order valence-corrected chi connectivity index (χ3v) is 6.53. The van der Waals surface area contributed by atoms with Crippen LogP contribution in [0.1, 0.15) is 12.1 Å². The first-order chi connectivity index (χ1) is 9.84. The molecule has 0 amide bonds. The summed E-state index contributed by atoms with van der Waals surface area (Å²) in [4.78, 5) is 24.6. The molecule has 1 unspecified atom stereocenters. The molecule has 2 rings (SSSR count). The van der Waals surface area contributed by atoms with Gasteiger partial charge in [-0.3, -0.25) is 9.59 Å². The van der Waals surface area contributed by atoms with Crippen molar-refractivity contribution in [3.8, 4) is 0 Å². The number of carbonyl (C=O) groups excluding carboxylic acids is 1. The second kappa shape index (κ2) is 6.26. The highest BCUT2D eigenvalue weighted by atomic mass is 32.2. The monoisotopic (exact) mass is 336 g/mol. The molecule has 0 aliphatic carbocycles. The molecule has 8 nitrogen and oxygen atoms in total. The van der Waals surface area contributed by atoms with Crippen LogP contribution < -0.4 is 4.87 Å². The number of methoxy groups -OCH3 is 1. The van der Waals surface area contributed by atoms with Crippen molar-refractivity contribution in [1.82, 2.24) is 9.29 Å². The molecule has 0 bridgehead atoms. The number of sulfonamides is 1. The van der Waals surface area contributed by atoms with Gasteiger partial charge in [0.25, 0.3) is 10.0 Å². The zero-order valence-electron chi connectivity index (χ0n) is 11.6. The van der Waals surface area contributed by atoms with E-state index in [0.29, 0.717) is 17.0 Å². The number of hydrogen-bond acceptors (Lipinski definition) is 7. The molecule has 0 saturated carbocycles. The number of aryl methyl sites for hydroxylation is 1. The summed E-state index contributed by atoms with van der Waals surface area (Å²) in [5, 5.41) is 0. The molecular weight excluding hydrogens is 320 g/mol. The molecule has 2 heterocycles. The lowest BCUT2D eigenvalue weighted by Crippen LogP contribution is -2.46. The summed E-state index contributed by atoms with van der Waals surface area (Å²) < 4.78 is 36.2. The zero-order chi connectivity index (χ0) is 15.6. The molecule has 0 aromatic carbocycles. The number of nitrogens with zero attached hydrogens (tertiary/aromatic N) is 1. The summed E-state index contributed by atoms with van der Waals surface area (Å²) in [5.74, 6) is -0.457. The van der Waals surface area contributed by atoms with E-state index in [0.717, 1.165) is 0 Å². The number of aromatic amines is 1. The Morgan fingerprint density at radius 3 is 2.86 bits per heavy atom. The van der Waals surface area contributed by atoms with E-state index < -0.39 is 27.0 Å². The third kappa shape index (κ3) is 3.51. The zero-order valence-corrected chi connectivity index (χ0v) is 13.3. The van der Waals surface area contributed by atoms with Crippen molar-refractivity contribution in [2.45, 2.75) is 23.7 Å². The van der Waals surface area contributed by atoms with Gasteiger partial charge >= 0.3 is 10.8 Å². The van der Waals surface area contributed by atoms with Crippen molar-refractivity contribution < 1.29 is 22.7 Å². The van der Waals surface area contributed by atoms with E-state index in [4.69, 9.17) is 4.74 Å². The van der Waals surface area contributed by atoms with Gasteiger partial charge in [0.2, 0.25) is 0 Å². The van der Waals surface area contributed by atoms with Crippen molar-refractivity contribution in [2.75, 3.05) is 26.8 Å². The van der Waals surface area contributed by atoms with Gasteiger partial charge in [0.15, 0.2) is 4.21 Å². The van der Waals surface area contributed by atoms with Gasteiger partial charge in [-0.25, -0.2) is 8.42 Å². The predicted octanol–water partition coefficient (Wildman–Crippen LogP) is -0.303. The van der Waals surface area contributed by atoms with Gasteiger partial charge < -0.3 is 14.5 Å². The molecule has 1 N–H and O–H groups in total. The Bertz CT molecular complexity index is 677. The third-order valence-electron chi connectivity index (χ3n) is 3.08. The van der Waals surface area contributed by atoms with Crippen LogP contribution in [0.15, 0.2) is 9.00 Å². The molecule has 1 saturated heterocycles. The molecular formula is C11H16N2O6S2. The normalized spacial score (nSPS) is 20.4. The van der Waals surface area contributed by atoms with Gasteiger partial charge in [-0.15, -0.1) is 0 Å². The Kier molecular flexibility index (Phi) is 4.81. The van der Waals surface area contributed by atoms with Crippen LogP contribution in [0.25, 0.3) is 0 Å². The fourth-order valence-electron chi connectivity index (χ4n) is 2.06. The molecule has 0 radical (unpaired) electrons. The number of carbonyl (C=O) groups is 1. The number of rotatable bonds is 4. The van der Waals surface area contributed by atoms with Gasteiger partial charge in [0.05, 0.1) is 26.2 Å². The minimum Gasteiger partial charge on any atom is -0.469 e. The molecule has 0 spiro atoms. The molecule has 118 valence electrons. The van der Waals surface area contributed by atoms with Crippen molar-refractivity contribution in [3.63, 3.8) is 0 Å². The number of esters is 1. The number of ether oxygens (including phenoxy) is 2. The summed E-state index contributed by atoms with van der Waals surface area (Å²) in [6, 6.07) is 0. The summed E-state index contributed by atoms with van der Waals surface area (Å²) in [6.45, 7) is 1.98. The Morgan fingerprint density at radius 1 is 1.57 bits per heavy atom. The summed E-state index contributed by atoms with van der Waals surface area (Å²) >= 11 is 0.661. The standard InChI is InChI=1S/C11H16N2O6S2/c1-7-10(20-11(15)12-7)21(16,17)13-3-4-19-8(6-13)5-9(14)18-2/h8H,3-6H2,1-2H3,(H,12,15). The quantitative estimate of drug-likeness (QED) is 0.757. The first kappa shape index (κ1) is 16.1. The fraction of sp³-hybridized carbons (Fsp3) is 0.636. The van der Waals surface area contributed by atoms with Crippen LogP contribution in [-0.4, -0.2) is 56.6 Å². The van der Waals surface area contributed by atoms with Gasteiger partial charge in [-0.05, 0) is 6.92 Å². The number of aromatic nitrogens is 1. The van der Waals surface area contributed by atoms with Crippen molar-refractivity contribution in [2.24, 2.45) is 0 Å². The van der Waals surface area contributed by atoms with Crippen molar-refractivity contribution >= 4 is 27.3 Å². The van der Waals surface area contributed by atoms with Crippen molar-refractivity contribution in [1.29, 1.82) is 0 Å². The number of thiazole rings is 1. The number of H-pyrrole nitrogens is 1. The van der Waals surface area contributed by atoms with Crippen LogP contribution in [0.4, 0.5) is 0 Å².